The number of methoxy groups -OCH3 is 1. The maximum Gasteiger partial charge on any atom is 0.192 e. The Labute approximate surface area is 210 Å². The molecule has 188 valence electrons. The highest BCUT2D eigenvalue weighted by Gasteiger charge is 2.40. The van der Waals surface area contributed by atoms with Crippen LogP contribution in [0.15, 0.2) is 34.8 Å². The Morgan fingerprint density at radius 3 is 2.33 bits per heavy atom. The van der Waals surface area contributed by atoms with Crippen LogP contribution in [0.5, 0.6) is 5.75 Å². The summed E-state index contributed by atoms with van der Waals surface area (Å²) in [6, 6.07) is 7.99. The van der Waals surface area contributed by atoms with Crippen molar-refractivity contribution in [2.75, 3.05) is 13.7 Å². The molecule has 0 spiro atoms. The average Bonchev–Trinajstić information content (AvgIpc) is 2.96. The lowest BCUT2D eigenvalue weighted by atomic mass is 10.0. The van der Waals surface area contributed by atoms with Gasteiger partial charge in [-0.05, 0) is 67.2 Å². The maximum atomic E-state index is 6.37. The highest BCUT2D eigenvalue weighted by atomic mass is 79.9. The Morgan fingerprint density at radius 1 is 1.18 bits per heavy atom. The molecule has 5 nitrogen and oxygen atoms in total. The lowest BCUT2D eigenvalue weighted by molar-refractivity contribution is -0.148. The zero-order chi connectivity index (χ0) is 24.9. The van der Waals surface area contributed by atoms with Gasteiger partial charge in [-0.2, -0.15) is 0 Å². The van der Waals surface area contributed by atoms with E-state index in [0.717, 1.165) is 28.6 Å². The molecule has 2 rings (SSSR count). The molecule has 0 saturated carbocycles. The number of ether oxygens (including phenoxy) is 4. The minimum absolute atomic E-state index is 0.00958. The minimum Gasteiger partial charge on any atom is -0.497 e. The van der Waals surface area contributed by atoms with Crippen molar-refractivity contribution in [3.05, 3.63) is 40.4 Å². The topological polar surface area (TPSA) is 46.2 Å². The van der Waals surface area contributed by atoms with Crippen LogP contribution in [0, 0.1) is 0 Å². The van der Waals surface area contributed by atoms with Crippen LogP contribution in [0.25, 0.3) is 0 Å². The van der Waals surface area contributed by atoms with E-state index in [1.807, 2.05) is 38.1 Å². The van der Waals surface area contributed by atoms with Gasteiger partial charge in [0, 0.05) is 12.8 Å². The van der Waals surface area contributed by atoms with Crippen LogP contribution < -0.4 is 4.74 Å². The summed E-state index contributed by atoms with van der Waals surface area (Å²) in [6.07, 6.45) is 3.64. The van der Waals surface area contributed by atoms with Crippen molar-refractivity contribution < 1.29 is 23.4 Å². The first kappa shape index (κ1) is 28.5. The van der Waals surface area contributed by atoms with E-state index in [0.29, 0.717) is 13.2 Å². The summed E-state index contributed by atoms with van der Waals surface area (Å²) in [4.78, 5) is 0. The number of halogens is 1. The number of hydrogen-bond acceptors (Lipinski definition) is 5. The Hall–Kier alpha value is -0.703. The monoisotopic (exact) mass is 542 g/mol. The second kappa shape index (κ2) is 11.8. The third-order valence-corrected chi connectivity index (χ3v) is 11.7. The number of hydrogen-bond donors (Lipinski definition) is 0. The molecule has 1 saturated heterocycles. The highest BCUT2D eigenvalue weighted by Crippen LogP contribution is 2.37. The molecule has 3 atom stereocenters. The summed E-state index contributed by atoms with van der Waals surface area (Å²) >= 11 is 3.76. The quantitative estimate of drug-likeness (QED) is 0.276. The summed E-state index contributed by atoms with van der Waals surface area (Å²) in [5.74, 6) is 0.282. The molecule has 7 heteroatoms. The Balaban J connectivity index is 2.02. The van der Waals surface area contributed by atoms with Crippen LogP contribution in [0.1, 0.15) is 59.9 Å². The third-order valence-electron chi connectivity index (χ3n) is 6.55. The van der Waals surface area contributed by atoms with E-state index in [-0.39, 0.29) is 23.4 Å². The van der Waals surface area contributed by atoms with Gasteiger partial charge in [-0.3, -0.25) is 0 Å². The first-order valence-electron chi connectivity index (χ1n) is 11.8. The molecule has 0 bridgehead atoms. The predicted molar refractivity (Wildman–Crippen MR) is 140 cm³/mol. The zero-order valence-corrected chi connectivity index (χ0v) is 24.5. The molecule has 0 unspecified atom stereocenters. The number of benzene rings is 1. The van der Waals surface area contributed by atoms with Crippen molar-refractivity contribution in [3.8, 4) is 5.75 Å². The van der Waals surface area contributed by atoms with Crippen LogP contribution in [0.3, 0.4) is 0 Å². The fourth-order valence-corrected chi connectivity index (χ4v) is 4.94. The fraction of sp³-hybridized carbons (Fsp3) is 0.692. The molecule has 1 aromatic carbocycles. The lowest BCUT2D eigenvalue weighted by Crippen LogP contribution is -2.40. The Morgan fingerprint density at radius 2 is 1.82 bits per heavy atom. The van der Waals surface area contributed by atoms with E-state index in [1.165, 1.54) is 0 Å². The summed E-state index contributed by atoms with van der Waals surface area (Å²) in [5.41, 5.74) is 1.11. The van der Waals surface area contributed by atoms with E-state index >= 15 is 0 Å². The molecule has 1 aliphatic rings. The molecule has 1 fully saturated rings. The van der Waals surface area contributed by atoms with Crippen LogP contribution in [-0.4, -0.2) is 46.1 Å². The smallest absolute Gasteiger partial charge is 0.192 e. The number of rotatable bonds is 11. The van der Waals surface area contributed by atoms with E-state index < -0.39 is 14.1 Å². The third kappa shape index (κ3) is 9.11. The molecule has 1 heterocycles. The SMILES string of the molecule is COc1ccc(CO[C@H](C/C(Br)=C\CO[Si](C)(C)C(C)(C)C)C[C@@H]2OC(C)(C)O[C@H]2C)cc1. The Kier molecular flexibility index (Phi) is 10.2. The van der Waals surface area contributed by atoms with Gasteiger partial charge in [-0.25, -0.2) is 0 Å². The van der Waals surface area contributed by atoms with Crippen LogP contribution in [-0.2, 0) is 25.2 Å². The normalized spacial score (nSPS) is 22.4. The molecule has 0 aromatic heterocycles. The molecular formula is C26H43BrO5Si. The predicted octanol–water partition coefficient (Wildman–Crippen LogP) is 7.20. The van der Waals surface area contributed by atoms with Gasteiger partial charge in [0.25, 0.3) is 0 Å². The zero-order valence-electron chi connectivity index (χ0n) is 21.9. The first-order chi connectivity index (χ1) is 15.2. The van der Waals surface area contributed by atoms with E-state index in [9.17, 15) is 0 Å². The molecule has 1 aromatic rings. The van der Waals surface area contributed by atoms with Crippen molar-refractivity contribution in [1.29, 1.82) is 0 Å². The molecule has 0 N–H and O–H groups in total. The van der Waals surface area contributed by atoms with Gasteiger partial charge < -0.3 is 23.4 Å². The van der Waals surface area contributed by atoms with Gasteiger partial charge >= 0.3 is 0 Å². The highest BCUT2D eigenvalue weighted by molar-refractivity contribution is 9.11. The molecule has 0 aliphatic carbocycles. The minimum atomic E-state index is -1.78. The van der Waals surface area contributed by atoms with Crippen molar-refractivity contribution in [2.24, 2.45) is 0 Å². The first-order valence-corrected chi connectivity index (χ1v) is 15.5. The Bertz CT molecular complexity index is 770. The van der Waals surface area contributed by atoms with E-state index in [4.69, 9.17) is 23.4 Å². The van der Waals surface area contributed by atoms with Gasteiger partial charge in [-0.1, -0.05) is 48.8 Å². The second-order valence-electron chi connectivity index (χ2n) is 10.8. The van der Waals surface area contributed by atoms with Crippen molar-refractivity contribution in [2.45, 2.75) is 103 Å². The van der Waals surface area contributed by atoms with E-state index in [2.05, 4.69) is 62.8 Å². The summed E-state index contributed by atoms with van der Waals surface area (Å²) in [5, 5.41) is 0.195. The summed E-state index contributed by atoms with van der Waals surface area (Å²) in [6.45, 7) is 18.4. The van der Waals surface area contributed by atoms with Gasteiger partial charge in [0.2, 0.25) is 0 Å². The fourth-order valence-electron chi connectivity index (χ4n) is 3.51. The summed E-state index contributed by atoms with van der Waals surface area (Å²) < 4.78 is 31.1. The van der Waals surface area contributed by atoms with Crippen LogP contribution in [0.4, 0.5) is 0 Å². The second-order valence-corrected chi connectivity index (χ2v) is 16.7. The van der Waals surface area contributed by atoms with Gasteiger partial charge in [0.15, 0.2) is 14.1 Å². The van der Waals surface area contributed by atoms with Crippen molar-refractivity contribution in [1.82, 2.24) is 0 Å². The molecule has 0 amide bonds. The van der Waals surface area contributed by atoms with E-state index in [1.54, 1.807) is 7.11 Å². The van der Waals surface area contributed by atoms with Crippen molar-refractivity contribution >= 4 is 24.2 Å². The van der Waals surface area contributed by atoms with Crippen LogP contribution >= 0.6 is 15.9 Å². The molecular weight excluding hydrogens is 500 g/mol. The maximum absolute atomic E-state index is 6.37. The average molecular weight is 544 g/mol. The van der Waals surface area contributed by atoms with Crippen molar-refractivity contribution in [3.63, 3.8) is 0 Å². The largest absolute Gasteiger partial charge is 0.497 e. The molecule has 33 heavy (non-hydrogen) atoms. The molecule has 0 radical (unpaired) electrons. The van der Waals surface area contributed by atoms with Gasteiger partial charge in [0.1, 0.15) is 5.75 Å². The summed E-state index contributed by atoms with van der Waals surface area (Å²) in [7, 11) is -0.104. The van der Waals surface area contributed by atoms with Crippen LogP contribution in [0.2, 0.25) is 18.1 Å². The molecule has 1 aliphatic heterocycles. The van der Waals surface area contributed by atoms with Gasteiger partial charge in [-0.15, -0.1) is 0 Å². The standard InChI is InChI=1S/C26H43BrO5Si/c1-19-24(32-26(5,6)31-19)17-23(29-18-20-10-12-22(28-7)13-11-20)16-21(27)14-15-30-33(8,9)25(2,3)4/h10-14,19,23-24H,15-18H2,1-9H3/b21-14+/t19-,23+,24-/m0/s1. The van der Waals surface area contributed by atoms with Gasteiger partial charge in [0.05, 0.1) is 38.6 Å². The lowest BCUT2D eigenvalue weighted by Gasteiger charge is -2.35.